The summed E-state index contributed by atoms with van der Waals surface area (Å²) in [5, 5.41) is 6.65. The number of nitrogens with zero attached hydrogens (tertiary/aromatic N) is 3. The Morgan fingerprint density at radius 3 is 2.62 bits per heavy atom. The van der Waals surface area contributed by atoms with Gasteiger partial charge in [0, 0.05) is 41.1 Å². The fourth-order valence-corrected chi connectivity index (χ4v) is 2.83. The monoisotopic (exact) mass is 345 g/mol. The molecule has 0 aliphatic carbocycles. The highest BCUT2D eigenvalue weighted by atomic mass is 16.2. The molecule has 3 aromatic rings. The van der Waals surface area contributed by atoms with E-state index in [1.54, 1.807) is 24.3 Å². The van der Waals surface area contributed by atoms with Crippen molar-refractivity contribution in [2.75, 3.05) is 10.6 Å². The molecule has 1 aliphatic rings. The van der Waals surface area contributed by atoms with Crippen LogP contribution in [0.15, 0.2) is 64.7 Å². The molecule has 7 nitrogen and oxygen atoms in total. The second-order valence-corrected chi connectivity index (χ2v) is 5.90. The largest absolute Gasteiger partial charge is 0.367 e. The van der Waals surface area contributed by atoms with Crippen LogP contribution in [0.25, 0.3) is 10.9 Å². The van der Waals surface area contributed by atoms with E-state index in [1.165, 1.54) is 6.21 Å². The van der Waals surface area contributed by atoms with Gasteiger partial charge in [-0.25, -0.2) is 9.59 Å². The van der Waals surface area contributed by atoms with Crippen LogP contribution in [0, 0.1) is 0 Å². The van der Waals surface area contributed by atoms with Crippen molar-refractivity contribution in [3.63, 3.8) is 0 Å². The van der Waals surface area contributed by atoms with Gasteiger partial charge in [-0.05, 0) is 36.4 Å². The minimum absolute atomic E-state index is 0.351. The van der Waals surface area contributed by atoms with Gasteiger partial charge in [-0.2, -0.15) is 9.98 Å². The SMILES string of the molecule is Cn1ccc2cc(NC(=O)Nc3cccc(C4=NC(=O)N=C4)c3)ccc21. The van der Waals surface area contributed by atoms with E-state index in [9.17, 15) is 9.59 Å². The Bertz CT molecular complexity index is 1090. The fourth-order valence-electron chi connectivity index (χ4n) is 2.83. The van der Waals surface area contributed by atoms with Crippen LogP contribution in [0.2, 0.25) is 0 Å². The number of nitrogens with one attached hydrogen (secondary N) is 2. The van der Waals surface area contributed by atoms with Crippen molar-refractivity contribution in [1.82, 2.24) is 4.57 Å². The van der Waals surface area contributed by atoms with Crippen molar-refractivity contribution >= 4 is 46.3 Å². The quantitative estimate of drug-likeness (QED) is 0.756. The lowest BCUT2D eigenvalue weighted by molar-refractivity contribution is 0.257. The van der Waals surface area contributed by atoms with Gasteiger partial charge < -0.3 is 15.2 Å². The zero-order chi connectivity index (χ0) is 18.1. The third-order valence-electron chi connectivity index (χ3n) is 4.07. The third kappa shape index (κ3) is 3.10. The number of hydrogen-bond donors (Lipinski definition) is 2. The Balaban J connectivity index is 1.48. The molecular weight excluding hydrogens is 330 g/mol. The van der Waals surface area contributed by atoms with Crippen molar-refractivity contribution in [2.24, 2.45) is 17.0 Å². The van der Waals surface area contributed by atoms with E-state index < -0.39 is 6.03 Å². The molecule has 2 aromatic carbocycles. The van der Waals surface area contributed by atoms with E-state index in [2.05, 4.69) is 20.6 Å². The van der Waals surface area contributed by atoms with Gasteiger partial charge in [-0.1, -0.05) is 12.1 Å². The molecule has 0 bridgehead atoms. The van der Waals surface area contributed by atoms with Gasteiger partial charge in [0.1, 0.15) is 0 Å². The number of rotatable bonds is 3. The van der Waals surface area contributed by atoms with Gasteiger partial charge in [-0.15, -0.1) is 0 Å². The molecule has 1 aromatic heterocycles. The molecule has 0 saturated heterocycles. The first-order valence-corrected chi connectivity index (χ1v) is 7.99. The second-order valence-electron chi connectivity index (χ2n) is 5.90. The summed E-state index contributed by atoms with van der Waals surface area (Å²) in [4.78, 5) is 30.8. The summed E-state index contributed by atoms with van der Waals surface area (Å²) >= 11 is 0. The number of hydrogen-bond acceptors (Lipinski definition) is 2. The average molecular weight is 345 g/mol. The lowest BCUT2D eigenvalue weighted by Gasteiger charge is -2.09. The molecule has 4 amide bonds. The predicted molar refractivity (Wildman–Crippen MR) is 102 cm³/mol. The van der Waals surface area contributed by atoms with Gasteiger partial charge in [0.15, 0.2) is 0 Å². The number of urea groups is 2. The highest BCUT2D eigenvalue weighted by molar-refractivity contribution is 6.43. The van der Waals surface area contributed by atoms with E-state index in [1.807, 2.05) is 42.1 Å². The Morgan fingerprint density at radius 2 is 1.85 bits per heavy atom. The molecule has 0 atom stereocenters. The Labute approximate surface area is 149 Å². The summed E-state index contributed by atoms with van der Waals surface area (Å²) in [6, 6.07) is 13.9. The minimum Gasteiger partial charge on any atom is -0.351 e. The highest BCUT2D eigenvalue weighted by Gasteiger charge is 2.11. The molecular formula is C19H15N5O2. The normalized spacial score (nSPS) is 13.1. The highest BCUT2D eigenvalue weighted by Crippen LogP contribution is 2.20. The molecule has 4 rings (SSSR count). The van der Waals surface area contributed by atoms with Crippen LogP contribution < -0.4 is 10.6 Å². The third-order valence-corrected chi connectivity index (χ3v) is 4.07. The number of benzene rings is 2. The first-order valence-electron chi connectivity index (χ1n) is 7.99. The topological polar surface area (TPSA) is 87.9 Å². The predicted octanol–water partition coefficient (Wildman–Crippen LogP) is 3.82. The molecule has 2 heterocycles. The fraction of sp³-hybridized carbons (Fsp3) is 0.0526. The zero-order valence-corrected chi connectivity index (χ0v) is 13.9. The smallest absolute Gasteiger partial charge is 0.351 e. The van der Waals surface area contributed by atoms with Crippen molar-refractivity contribution in [3.05, 3.63) is 60.3 Å². The summed E-state index contributed by atoms with van der Waals surface area (Å²) in [6.07, 6.45) is 3.39. The van der Waals surface area contributed by atoms with Gasteiger partial charge in [0.2, 0.25) is 0 Å². The molecule has 1 aliphatic heterocycles. The molecule has 0 fully saturated rings. The van der Waals surface area contributed by atoms with E-state index in [4.69, 9.17) is 0 Å². The molecule has 0 unspecified atom stereocenters. The van der Waals surface area contributed by atoms with E-state index >= 15 is 0 Å². The van der Waals surface area contributed by atoms with Crippen LogP contribution in [0.4, 0.5) is 21.0 Å². The standard InChI is InChI=1S/C19H15N5O2/c1-24-8-7-13-10-15(5-6-17(13)24)22-19(26)21-14-4-2-3-12(9-14)16-11-20-18(25)23-16/h2-11H,1H3,(H2,21,22,26). The molecule has 128 valence electrons. The van der Waals surface area contributed by atoms with Crippen molar-refractivity contribution in [3.8, 4) is 0 Å². The van der Waals surface area contributed by atoms with E-state index in [0.717, 1.165) is 10.9 Å². The summed E-state index contributed by atoms with van der Waals surface area (Å²) in [5.41, 5.74) is 3.58. The lowest BCUT2D eigenvalue weighted by Crippen LogP contribution is -2.19. The number of amides is 4. The van der Waals surface area contributed by atoms with Gasteiger partial charge in [0.05, 0.1) is 11.9 Å². The van der Waals surface area contributed by atoms with Gasteiger partial charge in [0.25, 0.3) is 0 Å². The number of carbonyl (C=O) groups excluding carboxylic acids is 2. The van der Waals surface area contributed by atoms with Gasteiger partial charge >= 0.3 is 12.1 Å². The maximum Gasteiger partial charge on any atom is 0.367 e. The minimum atomic E-state index is -0.521. The summed E-state index contributed by atoms with van der Waals surface area (Å²) in [6.45, 7) is 0. The lowest BCUT2D eigenvalue weighted by atomic mass is 10.1. The molecule has 0 radical (unpaired) electrons. The number of anilines is 2. The number of fused-ring (bicyclic) bond motifs is 1. The molecule has 2 N–H and O–H groups in total. The summed E-state index contributed by atoms with van der Waals surface area (Å²) in [5.74, 6) is 0. The molecule has 0 spiro atoms. The van der Waals surface area contributed by atoms with Gasteiger partial charge in [-0.3, -0.25) is 0 Å². The van der Waals surface area contributed by atoms with E-state index in [0.29, 0.717) is 22.6 Å². The van der Waals surface area contributed by atoms with Crippen LogP contribution in [-0.2, 0) is 7.05 Å². The van der Waals surface area contributed by atoms with Crippen LogP contribution in [0.3, 0.4) is 0 Å². The van der Waals surface area contributed by atoms with Crippen LogP contribution >= 0.6 is 0 Å². The summed E-state index contributed by atoms with van der Waals surface area (Å²) in [7, 11) is 1.97. The molecule has 26 heavy (non-hydrogen) atoms. The van der Waals surface area contributed by atoms with Crippen LogP contribution in [0.5, 0.6) is 0 Å². The van der Waals surface area contributed by atoms with Crippen molar-refractivity contribution in [1.29, 1.82) is 0 Å². The average Bonchev–Trinajstić information content (AvgIpc) is 3.21. The Hall–Kier alpha value is -3.74. The molecule has 7 heteroatoms. The van der Waals surface area contributed by atoms with Crippen molar-refractivity contribution < 1.29 is 9.59 Å². The van der Waals surface area contributed by atoms with Crippen LogP contribution in [-0.4, -0.2) is 28.6 Å². The Kier molecular flexibility index (Phi) is 3.81. The zero-order valence-electron chi connectivity index (χ0n) is 13.9. The number of aromatic nitrogens is 1. The molecule has 0 saturated carbocycles. The number of carbonyl (C=O) groups is 2. The van der Waals surface area contributed by atoms with E-state index in [-0.39, 0.29) is 6.03 Å². The maximum absolute atomic E-state index is 12.3. The first kappa shape index (κ1) is 15.8. The maximum atomic E-state index is 12.3. The second kappa shape index (κ2) is 6.29. The number of aliphatic imine (C=N–C) groups is 2. The van der Waals surface area contributed by atoms with Crippen molar-refractivity contribution in [2.45, 2.75) is 0 Å². The summed E-state index contributed by atoms with van der Waals surface area (Å²) < 4.78 is 2.02. The Morgan fingerprint density at radius 1 is 1.04 bits per heavy atom. The van der Waals surface area contributed by atoms with Crippen LogP contribution in [0.1, 0.15) is 5.56 Å². The number of aryl methyl sites for hydroxylation is 1. The first-order chi connectivity index (χ1) is 12.6.